The number of carboxylic acids is 1. The fraction of sp³-hybridized carbons (Fsp3) is 0.368. The van der Waals surface area contributed by atoms with Crippen LogP contribution in [0.2, 0.25) is 0 Å². The number of aromatic nitrogens is 2. The number of carbonyl (C=O) groups excluding carboxylic acids is 1. The SMILES string of the molecule is Cc1ccc(N(C)C2CCN(C(=O)c3ccc(C(=O)O)cc3F)CC2)nn1. The van der Waals surface area contributed by atoms with Gasteiger partial charge in [0.25, 0.3) is 5.91 Å². The lowest BCUT2D eigenvalue weighted by Gasteiger charge is -2.37. The minimum absolute atomic E-state index is 0.101. The van der Waals surface area contributed by atoms with Gasteiger partial charge in [-0.25, -0.2) is 9.18 Å². The number of anilines is 1. The second-order valence-electron chi connectivity index (χ2n) is 6.67. The van der Waals surface area contributed by atoms with Gasteiger partial charge in [0.1, 0.15) is 5.82 Å². The van der Waals surface area contributed by atoms with Gasteiger partial charge >= 0.3 is 5.97 Å². The van der Waals surface area contributed by atoms with Crippen LogP contribution in [-0.4, -0.2) is 58.3 Å². The number of hydrogen-bond acceptors (Lipinski definition) is 5. The molecule has 2 aromatic rings. The van der Waals surface area contributed by atoms with Gasteiger partial charge in [-0.1, -0.05) is 0 Å². The van der Waals surface area contributed by atoms with Crippen LogP contribution in [0.5, 0.6) is 0 Å². The average Bonchev–Trinajstić information content (AvgIpc) is 2.67. The monoisotopic (exact) mass is 372 g/mol. The molecule has 0 spiro atoms. The highest BCUT2D eigenvalue weighted by atomic mass is 19.1. The van der Waals surface area contributed by atoms with Crippen molar-refractivity contribution in [1.29, 1.82) is 0 Å². The summed E-state index contributed by atoms with van der Waals surface area (Å²) in [4.78, 5) is 27.1. The zero-order valence-electron chi connectivity index (χ0n) is 15.2. The Morgan fingerprint density at radius 3 is 2.44 bits per heavy atom. The largest absolute Gasteiger partial charge is 0.478 e. The molecule has 1 aliphatic heterocycles. The first-order chi connectivity index (χ1) is 12.9. The van der Waals surface area contributed by atoms with Gasteiger partial charge in [-0.3, -0.25) is 4.79 Å². The third-order valence-corrected chi connectivity index (χ3v) is 4.89. The molecule has 7 nitrogen and oxygen atoms in total. The molecule has 142 valence electrons. The number of carbonyl (C=O) groups is 2. The molecule has 1 amide bonds. The predicted octanol–water partition coefficient (Wildman–Crippen LogP) is 2.36. The molecule has 0 atom stereocenters. The van der Waals surface area contributed by atoms with Gasteiger partial charge in [0, 0.05) is 26.2 Å². The van der Waals surface area contributed by atoms with Crippen LogP contribution in [0.25, 0.3) is 0 Å². The molecule has 1 aliphatic rings. The van der Waals surface area contributed by atoms with E-state index < -0.39 is 17.7 Å². The molecule has 1 fully saturated rings. The maximum absolute atomic E-state index is 14.1. The predicted molar refractivity (Wildman–Crippen MR) is 97.5 cm³/mol. The van der Waals surface area contributed by atoms with Gasteiger partial charge < -0.3 is 14.9 Å². The van der Waals surface area contributed by atoms with Gasteiger partial charge in [0.15, 0.2) is 5.82 Å². The normalized spacial score (nSPS) is 14.9. The summed E-state index contributed by atoms with van der Waals surface area (Å²) in [6.45, 7) is 2.86. The lowest BCUT2D eigenvalue weighted by atomic mass is 10.0. The van der Waals surface area contributed by atoms with E-state index in [-0.39, 0.29) is 17.2 Å². The topological polar surface area (TPSA) is 86.6 Å². The third kappa shape index (κ3) is 4.05. The van der Waals surface area contributed by atoms with Crippen LogP contribution in [0.3, 0.4) is 0 Å². The lowest BCUT2D eigenvalue weighted by molar-refractivity contribution is 0.0686. The highest BCUT2D eigenvalue weighted by Gasteiger charge is 2.28. The van der Waals surface area contributed by atoms with Crippen LogP contribution in [0, 0.1) is 12.7 Å². The molecule has 1 saturated heterocycles. The molecule has 0 saturated carbocycles. The van der Waals surface area contributed by atoms with E-state index in [0.717, 1.165) is 30.4 Å². The molecule has 1 aromatic carbocycles. The summed E-state index contributed by atoms with van der Waals surface area (Å²) in [5.41, 5.74) is 0.573. The van der Waals surface area contributed by atoms with Crippen molar-refractivity contribution < 1.29 is 19.1 Å². The number of amides is 1. The van der Waals surface area contributed by atoms with Crippen molar-refractivity contribution in [2.75, 3.05) is 25.0 Å². The van der Waals surface area contributed by atoms with Gasteiger partial charge in [-0.15, -0.1) is 5.10 Å². The van der Waals surface area contributed by atoms with Crippen molar-refractivity contribution in [2.45, 2.75) is 25.8 Å². The van der Waals surface area contributed by atoms with Crippen molar-refractivity contribution in [3.8, 4) is 0 Å². The zero-order valence-corrected chi connectivity index (χ0v) is 15.2. The average molecular weight is 372 g/mol. The molecule has 8 heteroatoms. The molecule has 0 unspecified atom stereocenters. The summed E-state index contributed by atoms with van der Waals surface area (Å²) in [6.07, 6.45) is 1.46. The van der Waals surface area contributed by atoms with E-state index in [1.807, 2.05) is 26.1 Å². The Bertz CT molecular complexity index is 849. The number of carboxylic acid groups (broad SMARTS) is 1. The Morgan fingerprint density at radius 1 is 1.19 bits per heavy atom. The molecule has 2 heterocycles. The van der Waals surface area contributed by atoms with E-state index in [2.05, 4.69) is 15.1 Å². The quantitative estimate of drug-likeness (QED) is 0.887. The summed E-state index contributed by atoms with van der Waals surface area (Å²) in [5, 5.41) is 17.2. The first-order valence-electron chi connectivity index (χ1n) is 8.72. The van der Waals surface area contributed by atoms with Crippen LogP contribution in [0.1, 0.15) is 39.3 Å². The van der Waals surface area contributed by atoms with E-state index >= 15 is 0 Å². The van der Waals surface area contributed by atoms with E-state index in [9.17, 15) is 14.0 Å². The van der Waals surface area contributed by atoms with E-state index in [4.69, 9.17) is 5.11 Å². The van der Waals surface area contributed by atoms with Crippen molar-refractivity contribution in [2.24, 2.45) is 0 Å². The summed E-state index contributed by atoms with van der Waals surface area (Å²) in [6, 6.07) is 7.40. The highest BCUT2D eigenvalue weighted by Crippen LogP contribution is 2.22. The molecule has 27 heavy (non-hydrogen) atoms. The Hall–Kier alpha value is -3.03. The molecule has 0 aliphatic carbocycles. The summed E-state index contributed by atoms with van der Waals surface area (Å²) in [7, 11) is 1.95. The first kappa shape index (κ1) is 18.8. The van der Waals surface area contributed by atoms with Gasteiger partial charge in [-0.05, 0) is 50.1 Å². The minimum atomic E-state index is -1.23. The summed E-state index contributed by atoms with van der Waals surface area (Å²) < 4.78 is 14.1. The van der Waals surface area contributed by atoms with Crippen LogP contribution < -0.4 is 4.90 Å². The zero-order chi connectivity index (χ0) is 19.6. The Balaban J connectivity index is 1.64. The summed E-state index contributed by atoms with van der Waals surface area (Å²) >= 11 is 0. The van der Waals surface area contributed by atoms with Crippen LogP contribution in [0.15, 0.2) is 30.3 Å². The van der Waals surface area contributed by atoms with Crippen LogP contribution in [-0.2, 0) is 0 Å². The second kappa shape index (κ2) is 7.69. The maximum atomic E-state index is 14.1. The number of aromatic carboxylic acids is 1. The Labute approximate surface area is 156 Å². The molecule has 0 radical (unpaired) electrons. The van der Waals surface area contributed by atoms with Crippen LogP contribution in [0.4, 0.5) is 10.2 Å². The number of aryl methyl sites for hydroxylation is 1. The van der Waals surface area contributed by atoms with E-state index in [1.54, 1.807) is 4.90 Å². The van der Waals surface area contributed by atoms with Crippen molar-refractivity contribution in [3.63, 3.8) is 0 Å². The second-order valence-corrected chi connectivity index (χ2v) is 6.67. The highest BCUT2D eigenvalue weighted by molar-refractivity contribution is 5.96. The Morgan fingerprint density at radius 2 is 1.89 bits per heavy atom. The fourth-order valence-corrected chi connectivity index (χ4v) is 3.22. The van der Waals surface area contributed by atoms with Crippen LogP contribution >= 0.6 is 0 Å². The third-order valence-electron chi connectivity index (χ3n) is 4.89. The van der Waals surface area contributed by atoms with Gasteiger partial charge in [0.2, 0.25) is 0 Å². The number of halogens is 1. The summed E-state index contributed by atoms with van der Waals surface area (Å²) in [5.74, 6) is -1.67. The maximum Gasteiger partial charge on any atom is 0.335 e. The molecular weight excluding hydrogens is 351 g/mol. The van der Waals surface area contributed by atoms with Gasteiger partial charge in [0.05, 0.1) is 16.8 Å². The smallest absolute Gasteiger partial charge is 0.335 e. The lowest BCUT2D eigenvalue weighted by Crippen LogP contribution is -2.46. The molecule has 1 aromatic heterocycles. The van der Waals surface area contributed by atoms with Gasteiger partial charge in [-0.2, -0.15) is 5.10 Å². The fourth-order valence-electron chi connectivity index (χ4n) is 3.22. The van der Waals surface area contributed by atoms with Crippen molar-refractivity contribution in [1.82, 2.24) is 15.1 Å². The van der Waals surface area contributed by atoms with E-state index in [0.29, 0.717) is 13.1 Å². The molecule has 3 rings (SSSR count). The molecule has 0 bridgehead atoms. The standard InChI is InChI=1S/C19H21FN4O3/c1-12-3-6-17(22-21-12)23(2)14-7-9-24(10-8-14)18(25)15-5-4-13(19(26)27)11-16(15)20/h3-6,11,14H,7-10H2,1-2H3,(H,26,27). The van der Waals surface area contributed by atoms with E-state index in [1.165, 1.54) is 12.1 Å². The number of rotatable bonds is 4. The minimum Gasteiger partial charge on any atom is -0.478 e. The number of hydrogen-bond donors (Lipinski definition) is 1. The Kier molecular flexibility index (Phi) is 5.34. The number of benzene rings is 1. The number of piperidine rings is 1. The number of nitrogens with zero attached hydrogens (tertiary/aromatic N) is 4. The molecular formula is C19H21FN4O3. The number of likely N-dealkylation sites (tertiary alicyclic amines) is 1. The van der Waals surface area contributed by atoms with Crippen molar-refractivity contribution >= 4 is 17.7 Å². The molecule has 1 N–H and O–H groups in total. The first-order valence-corrected chi connectivity index (χ1v) is 8.72. The van der Waals surface area contributed by atoms with Crippen molar-refractivity contribution in [3.05, 3.63) is 53.0 Å².